The van der Waals surface area contributed by atoms with Gasteiger partial charge in [-0.15, -0.1) is 0 Å². The van der Waals surface area contributed by atoms with Gasteiger partial charge in [-0.1, -0.05) is 11.6 Å². The quantitative estimate of drug-likeness (QED) is 0.273. The van der Waals surface area contributed by atoms with Crippen LogP contribution in [0.4, 0.5) is 17.3 Å². The zero-order valence-electron chi connectivity index (χ0n) is 19.5. The maximum absolute atomic E-state index is 6.50. The Hall–Kier alpha value is -3.53. The summed E-state index contributed by atoms with van der Waals surface area (Å²) in [5.41, 5.74) is 9.64. The maximum Gasteiger partial charge on any atom is 0.227 e. The van der Waals surface area contributed by atoms with Gasteiger partial charge in [0.1, 0.15) is 18.1 Å². The van der Waals surface area contributed by atoms with E-state index in [2.05, 4.69) is 30.5 Å². The molecule has 0 radical (unpaired) electrons. The summed E-state index contributed by atoms with van der Waals surface area (Å²) in [5.74, 6) is 1.84. The number of anilines is 3. The van der Waals surface area contributed by atoms with Gasteiger partial charge in [-0.2, -0.15) is 0 Å². The number of nitrogens with one attached hydrogen (secondary N) is 3. The largest absolute Gasteiger partial charge is 0.495 e. The standard InChI is InChI=1S/C25H28ClN7O2/c1-34-23-5-2-16(27)12-22(23)31-25-30-15-20(26)24(32-25)19-14-29-21-13-17(3-4-18(19)21)35-11-10-33-8-6-28-7-9-33/h2-5,12-15,28-29H,6-11,27H2,1H3,(H,30,31,32). The Kier molecular flexibility index (Phi) is 6.89. The minimum absolute atomic E-state index is 0.385. The lowest BCUT2D eigenvalue weighted by atomic mass is 10.1. The number of fused-ring (bicyclic) bond motifs is 1. The highest BCUT2D eigenvalue weighted by Gasteiger charge is 2.15. The smallest absolute Gasteiger partial charge is 0.227 e. The van der Waals surface area contributed by atoms with Crippen molar-refractivity contribution in [2.24, 2.45) is 0 Å². The normalized spacial score (nSPS) is 14.2. The van der Waals surface area contributed by atoms with Crippen molar-refractivity contribution in [2.75, 3.05) is 57.5 Å². The fourth-order valence-corrected chi connectivity index (χ4v) is 4.37. The first kappa shape index (κ1) is 23.2. The van der Waals surface area contributed by atoms with Crippen LogP contribution in [0.2, 0.25) is 5.02 Å². The summed E-state index contributed by atoms with van der Waals surface area (Å²) < 4.78 is 11.4. The van der Waals surface area contributed by atoms with Crippen LogP contribution < -0.4 is 25.8 Å². The molecule has 0 unspecified atom stereocenters. The number of nitrogens with two attached hydrogens (primary N) is 1. The second-order valence-electron chi connectivity index (χ2n) is 8.32. The molecule has 1 saturated heterocycles. The fraction of sp³-hybridized carbons (Fsp3) is 0.280. The maximum atomic E-state index is 6.50. The van der Waals surface area contributed by atoms with E-state index in [-0.39, 0.29) is 0 Å². The number of aromatic nitrogens is 3. The van der Waals surface area contributed by atoms with Crippen LogP contribution in [0.3, 0.4) is 0 Å². The van der Waals surface area contributed by atoms with E-state index in [4.69, 9.17) is 26.8 Å². The molecular formula is C25H28ClN7O2. The van der Waals surface area contributed by atoms with Gasteiger partial charge in [0.05, 0.1) is 29.7 Å². The molecule has 0 aliphatic carbocycles. The molecule has 4 aromatic rings. The molecule has 1 aliphatic rings. The fourth-order valence-electron chi connectivity index (χ4n) is 4.18. The van der Waals surface area contributed by atoms with Crippen molar-refractivity contribution in [1.29, 1.82) is 0 Å². The number of nitrogen functional groups attached to an aromatic ring is 1. The summed E-state index contributed by atoms with van der Waals surface area (Å²) in [7, 11) is 1.60. The number of H-pyrrole nitrogens is 1. The predicted octanol–water partition coefficient (Wildman–Crippen LogP) is 3.90. The van der Waals surface area contributed by atoms with Crippen molar-refractivity contribution >= 4 is 39.8 Å². The van der Waals surface area contributed by atoms with Crippen molar-refractivity contribution in [3.8, 4) is 22.8 Å². The number of benzene rings is 2. The number of methoxy groups -OCH3 is 1. The van der Waals surface area contributed by atoms with Crippen molar-refractivity contribution in [2.45, 2.75) is 0 Å². The molecule has 5 rings (SSSR count). The molecule has 182 valence electrons. The van der Waals surface area contributed by atoms with Gasteiger partial charge in [-0.25, -0.2) is 9.97 Å². The van der Waals surface area contributed by atoms with Gasteiger partial charge in [0.2, 0.25) is 5.95 Å². The Bertz CT molecular complexity index is 1320. The molecule has 0 saturated carbocycles. The summed E-state index contributed by atoms with van der Waals surface area (Å²) >= 11 is 6.50. The van der Waals surface area contributed by atoms with Crippen molar-refractivity contribution in [1.82, 2.24) is 25.2 Å². The molecule has 2 aromatic carbocycles. The monoisotopic (exact) mass is 493 g/mol. The van der Waals surface area contributed by atoms with Gasteiger partial charge in [0.25, 0.3) is 0 Å². The number of rotatable bonds is 8. The molecule has 9 nitrogen and oxygen atoms in total. The SMILES string of the molecule is COc1ccc(N)cc1Nc1ncc(Cl)c(-c2c[nH]c3cc(OCCN4CCNCC4)ccc23)n1. The van der Waals surface area contributed by atoms with Crippen LogP contribution in [-0.2, 0) is 0 Å². The average Bonchev–Trinajstić information content (AvgIpc) is 3.29. The molecule has 35 heavy (non-hydrogen) atoms. The molecule has 5 N–H and O–H groups in total. The zero-order valence-corrected chi connectivity index (χ0v) is 20.2. The highest BCUT2D eigenvalue weighted by molar-refractivity contribution is 6.33. The first-order valence-electron chi connectivity index (χ1n) is 11.5. The minimum Gasteiger partial charge on any atom is -0.495 e. The van der Waals surface area contributed by atoms with Crippen LogP contribution in [0.15, 0.2) is 48.8 Å². The van der Waals surface area contributed by atoms with E-state index in [1.54, 1.807) is 31.5 Å². The Morgan fingerprint density at radius 1 is 1.17 bits per heavy atom. The number of hydrogen-bond donors (Lipinski definition) is 4. The second-order valence-corrected chi connectivity index (χ2v) is 8.73. The molecule has 0 atom stereocenters. The second kappa shape index (κ2) is 10.4. The lowest BCUT2D eigenvalue weighted by Gasteiger charge is -2.26. The summed E-state index contributed by atoms with van der Waals surface area (Å²) in [6.45, 7) is 5.76. The summed E-state index contributed by atoms with van der Waals surface area (Å²) in [6, 6.07) is 11.3. The minimum atomic E-state index is 0.385. The first-order chi connectivity index (χ1) is 17.1. The molecule has 0 amide bonds. The highest BCUT2D eigenvalue weighted by Crippen LogP contribution is 2.35. The number of nitrogens with zero attached hydrogens (tertiary/aromatic N) is 3. The van der Waals surface area contributed by atoms with E-state index >= 15 is 0 Å². The van der Waals surface area contributed by atoms with E-state index in [9.17, 15) is 0 Å². The van der Waals surface area contributed by atoms with Crippen molar-refractivity contribution < 1.29 is 9.47 Å². The van der Waals surface area contributed by atoms with Gasteiger partial charge < -0.3 is 30.8 Å². The molecule has 0 bridgehead atoms. The highest BCUT2D eigenvalue weighted by atomic mass is 35.5. The lowest BCUT2D eigenvalue weighted by Crippen LogP contribution is -2.44. The third-order valence-corrected chi connectivity index (χ3v) is 6.28. The third kappa shape index (κ3) is 5.27. The average molecular weight is 494 g/mol. The van der Waals surface area contributed by atoms with E-state index in [1.165, 1.54) is 0 Å². The summed E-state index contributed by atoms with van der Waals surface area (Å²) in [6.07, 6.45) is 3.48. The molecule has 1 fully saturated rings. The number of piperazine rings is 1. The van der Waals surface area contributed by atoms with Crippen LogP contribution in [0, 0.1) is 0 Å². The van der Waals surface area contributed by atoms with Crippen LogP contribution in [-0.4, -0.2) is 66.3 Å². The van der Waals surface area contributed by atoms with Crippen LogP contribution in [0.25, 0.3) is 22.2 Å². The van der Waals surface area contributed by atoms with E-state index < -0.39 is 0 Å². The van der Waals surface area contributed by atoms with Crippen molar-refractivity contribution in [3.05, 3.63) is 53.8 Å². The van der Waals surface area contributed by atoms with Crippen LogP contribution in [0.1, 0.15) is 0 Å². The van der Waals surface area contributed by atoms with Gasteiger partial charge >= 0.3 is 0 Å². The number of hydrogen-bond acceptors (Lipinski definition) is 8. The zero-order chi connectivity index (χ0) is 24.2. The van der Waals surface area contributed by atoms with Crippen LogP contribution in [0.5, 0.6) is 11.5 Å². The number of halogens is 1. The predicted molar refractivity (Wildman–Crippen MR) is 140 cm³/mol. The van der Waals surface area contributed by atoms with E-state index in [0.29, 0.717) is 40.4 Å². The third-order valence-electron chi connectivity index (χ3n) is 6.01. The van der Waals surface area contributed by atoms with Gasteiger partial charge in [-0.05, 0) is 30.3 Å². The molecule has 3 heterocycles. The van der Waals surface area contributed by atoms with E-state index in [1.807, 2.05) is 24.4 Å². The molecular weight excluding hydrogens is 466 g/mol. The Balaban J connectivity index is 1.35. The Labute approximate surface area is 208 Å². The van der Waals surface area contributed by atoms with Gasteiger partial charge in [-0.3, -0.25) is 4.90 Å². The van der Waals surface area contributed by atoms with Crippen LogP contribution >= 0.6 is 11.6 Å². The molecule has 0 spiro atoms. The lowest BCUT2D eigenvalue weighted by molar-refractivity contribution is 0.191. The van der Waals surface area contributed by atoms with Gasteiger partial charge in [0.15, 0.2) is 0 Å². The topological polar surface area (TPSA) is 113 Å². The number of ether oxygens (including phenoxy) is 2. The summed E-state index contributed by atoms with van der Waals surface area (Å²) in [5, 5.41) is 7.99. The van der Waals surface area contributed by atoms with E-state index in [0.717, 1.165) is 54.9 Å². The molecule has 1 aliphatic heterocycles. The molecule has 2 aromatic heterocycles. The Morgan fingerprint density at radius 2 is 2.03 bits per heavy atom. The Morgan fingerprint density at radius 3 is 2.86 bits per heavy atom. The first-order valence-corrected chi connectivity index (χ1v) is 11.9. The number of aromatic amines is 1. The molecule has 10 heteroatoms. The van der Waals surface area contributed by atoms with Gasteiger partial charge in [0, 0.05) is 67.1 Å². The van der Waals surface area contributed by atoms with Crippen molar-refractivity contribution in [3.63, 3.8) is 0 Å². The summed E-state index contributed by atoms with van der Waals surface area (Å²) in [4.78, 5) is 14.7.